The molecule has 0 aromatic heterocycles. The SMILES string of the molecule is CCCCCCCCCCCC(=O)OCC(C)(C)C=NC(C)(C)C(=O)OC. The van der Waals surface area contributed by atoms with Gasteiger partial charge in [-0.05, 0) is 20.3 Å². The summed E-state index contributed by atoms with van der Waals surface area (Å²) in [5.41, 5.74) is -1.37. The number of aliphatic imine (C=N–C) groups is 1. The van der Waals surface area contributed by atoms with Crippen LogP contribution in [0.5, 0.6) is 0 Å². The van der Waals surface area contributed by atoms with Crippen molar-refractivity contribution in [3.05, 3.63) is 0 Å². The maximum Gasteiger partial charge on any atom is 0.333 e. The zero-order chi connectivity index (χ0) is 20.8. The second kappa shape index (κ2) is 13.7. The van der Waals surface area contributed by atoms with Crippen LogP contribution in [0.2, 0.25) is 0 Å². The number of nitrogens with zero attached hydrogens (tertiary/aromatic N) is 1. The minimum Gasteiger partial charge on any atom is -0.467 e. The van der Waals surface area contributed by atoms with Crippen molar-refractivity contribution in [1.29, 1.82) is 0 Å². The summed E-state index contributed by atoms with van der Waals surface area (Å²) in [6, 6.07) is 0. The van der Waals surface area contributed by atoms with E-state index in [0.717, 1.165) is 12.8 Å². The molecule has 5 heteroatoms. The molecule has 0 aliphatic heterocycles. The number of esters is 2. The molecule has 0 bridgehead atoms. The third kappa shape index (κ3) is 13.4. The number of ether oxygens (including phenoxy) is 2. The Hall–Kier alpha value is -1.39. The standard InChI is InChI=1S/C22H41NO4/c1-7-8-9-10-11-12-13-14-15-16-19(24)27-18-21(2,3)17-23-22(4,5)20(25)26-6/h17H,7-16,18H2,1-6H3. The van der Waals surface area contributed by atoms with Crippen LogP contribution in [0, 0.1) is 5.41 Å². The number of methoxy groups -OCH3 is 1. The first kappa shape index (κ1) is 25.6. The van der Waals surface area contributed by atoms with Gasteiger partial charge >= 0.3 is 11.9 Å². The van der Waals surface area contributed by atoms with Gasteiger partial charge in [-0.3, -0.25) is 9.79 Å². The topological polar surface area (TPSA) is 65.0 Å². The molecule has 0 amide bonds. The Bertz CT molecular complexity index is 455. The summed E-state index contributed by atoms with van der Waals surface area (Å²) in [5, 5.41) is 0. The van der Waals surface area contributed by atoms with E-state index in [1.54, 1.807) is 20.1 Å². The molecule has 0 rings (SSSR count). The molecule has 0 fully saturated rings. The highest BCUT2D eigenvalue weighted by Gasteiger charge is 2.28. The van der Waals surface area contributed by atoms with Crippen LogP contribution >= 0.6 is 0 Å². The fourth-order valence-electron chi connectivity index (χ4n) is 2.59. The molecule has 0 radical (unpaired) electrons. The van der Waals surface area contributed by atoms with Gasteiger partial charge in [-0.1, -0.05) is 72.1 Å². The normalized spacial score (nSPS) is 12.4. The zero-order valence-electron chi connectivity index (χ0n) is 18.4. The Morgan fingerprint density at radius 3 is 1.93 bits per heavy atom. The summed E-state index contributed by atoms with van der Waals surface area (Å²) >= 11 is 0. The molecular formula is C22H41NO4. The second-order valence-corrected chi connectivity index (χ2v) is 8.54. The largest absolute Gasteiger partial charge is 0.467 e. The number of carbonyl (C=O) groups is 2. The summed E-state index contributed by atoms with van der Waals surface area (Å²) in [4.78, 5) is 27.9. The third-order valence-corrected chi connectivity index (χ3v) is 4.51. The van der Waals surface area contributed by atoms with Crippen molar-refractivity contribution in [3.8, 4) is 0 Å². The van der Waals surface area contributed by atoms with Crippen LogP contribution in [-0.4, -0.2) is 37.4 Å². The molecule has 0 aliphatic rings. The average molecular weight is 384 g/mol. The summed E-state index contributed by atoms with van der Waals surface area (Å²) in [5.74, 6) is -0.552. The van der Waals surface area contributed by atoms with Crippen LogP contribution in [0.15, 0.2) is 4.99 Å². The molecule has 0 heterocycles. The van der Waals surface area contributed by atoms with Gasteiger partial charge in [0.25, 0.3) is 0 Å². The van der Waals surface area contributed by atoms with E-state index in [1.165, 1.54) is 52.1 Å². The first-order valence-electron chi connectivity index (χ1n) is 10.4. The summed E-state index contributed by atoms with van der Waals surface area (Å²) in [6.45, 7) is 9.73. The molecule has 0 aromatic carbocycles. The fraction of sp³-hybridized carbons (Fsp3) is 0.864. The van der Waals surface area contributed by atoms with Gasteiger partial charge in [0.2, 0.25) is 0 Å². The van der Waals surface area contributed by atoms with Crippen molar-refractivity contribution in [2.75, 3.05) is 13.7 Å². The van der Waals surface area contributed by atoms with E-state index in [1.807, 2.05) is 13.8 Å². The molecule has 0 aliphatic carbocycles. The lowest BCUT2D eigenvalue weighted by atomic mass is 9.96. The van der Waals surface area contributed by atoms with Crippen molar-refractivity contribution < 1.29 is 19.1 Å². The van der Waals surface area contributed by atoms with E-state index in [4.69, 9.17) is 9.47 Å². The molecule has 5 nitrogen and oxygen atoms in total. The fourth-order valence-corrected chi connectivity index (χ4v) is 2.59. The monoisotopic (exact) mass is 383 g/mol. The predicted molar refractivity (Wildman–Crippen MR) is 111 cm³/mol. The van der Waals surface area contributed by atoms with Crippen molar-refractivity contribution in [2.45, 2.75) is 104 Å². The number of hydrogen-bond acceptors (Lipinski definition) is 5. The van der Waals surface area contributed by atoms with Gasteiger partial charge in [-0.2, -0.15) is 0 Å². The Kier molecular flexibility index (Phi) is 13.0. The Morgan fingerprint density at radius 1 is 0.889 bits per heavy atom. The van der Waals surface area contributed by atoms with E-state index in [9.17, 15) is 9.59 Å². The Labute approximate surface area is 166 Å². The highest BCUT2D eigenvalue weighted by molar-refractivity contribution is 5.82. The molecular weight excluding hydrogens is 342 g/mol. The first-order valence-corrected chi connectivity index (χ1v) is 10.4. The molecule has 0 spiro atoms. The predicted octanol–water partition coefficient (Wildman–Crippen LogP) is 5.50. The van der Waals surface area contributed by atoms with Crippen LogP contribution in [0.4, 0.5) is 0 Å². The lowest BCUT2D eigenvalue weighted by Crippen LogP contribution is -2.33. The van der Waals surface area contributed by atoms with Gasteiger partial charge in [-0.25, -0.2) is 4.79 Å². The van der Waals surface area contributed by atoms with E-state index in [-0.39, 0.29) is 12.6 Å². The molecule has 0 aromatic rings. The molecule has 0 atom stereocenters. The maximum atomic E-state index is 11.9. The molecule has 0 N–H and O–H groups in total. The molecule has 0 saturated heterocycles. The van der Waals surface area contributed by atoms with Crippen molar-refractivity contribution >= 4 is 18.2 Å². The van der Waals surface area contributed by atoms with Crippen LogP contribution in [-0.2, 0) is 19.1 Å². The Balaban J connectivity index is 3.94. The van der Waals surface area contributed by atoms with Gasteiger partial charge in [0.1, 0.15) is 6.61 Å². The number of rotatable bonds is 15. The van der Waals surface area contributed by atoms with E-state index in [0.29, 0.717) is 6.42 Å². The van der Waals surface area contributed by atoms with Crippen LogP contribution in [0.3, 0.4) is 0 Å². The lowest BCUT2D eigenvalue weighted by Gasteiger charge is -2.22. The highest BCUT2D eigenvalue weighted by Crippen LogP contribution is 2.18. The van der Waals surface area contributed by atoms with Crippen LogP contribution in [0.1, 0.15) is 98.8 Å². The zero-order valence-corrected chi connectivity index (χ0v) is 18.4. The third-order valence-electron chi connectivity index (χ3n) is 4.51. The maximum absolute atomic E-state index is 11.9. The quantitative estimate of drug-likeness (QED) is 0.213. The second-order valence-electron chi connectivity index (χ2n) is 8.54. The van der Waals surface area contributed by atoms with Gasteiger partial charge in [-0.15, -0.1) is 0 Å². The number of hydrogen-bond donors (Lipinski definition) is 0. The minimum absolute atomic E-state index is 0.161. The van der Waals surface area contributed by atoms with E-state index < -0.39 is 16.9 Å². The van der Waals surface area contributed by atoms with E-state index >= 15 is 0 Å². The van der Waals surface area contributed by atoms with Crippen molar-refractivity contribution in [3.63, 3.8) is 0 Å². The number of carbonyl (C=O) groups excluding carboxylic acids is 2. The lowest BCUT2D eigenvalue weighted by molar-refractivity contribution is -0.146. The van der Waals surface area contributed by atoms with Gasteiger partial charge in [0.05, 0.1) is 7.11 Å². The minimum atomic E-state index is -0.938. The van der Waals surface area contributed by atoms with Gasteiger partial charge in [0, 0.05) is 18.1 Å². The van der Waals surface area contributed by atoms with Gasteiger partial charge < -0.3 is 9.47 Å². The summed E-state index contributed by atoms with van der Waals surface area (Å²) < 4.78 is 10.1. The molecule has 158 valence electrons. The smallest absolute Gasteiger partial charge is 0.333 e. The first-order chi connectivity index (χ1) is 12.6. The van der Waals surface area contributed by atoms with Crippen LogP contribution < -0.4 is 0 Å². The molecule has 0 unspecified atom stereocenters. The number of unbranched alkanes of at least 4 members (excludes halogenated alkanes) is 8. The summed E-state index contributed by atoms with van der Waals surface area (Å²) in [6.07, 6.45) is 13.2. The summed E-state index contributed by atoms with van der Waals surface area (Å²) in [7, 11) is 1.35. The Morgan fingerprint density at radius 2 is 1.41 bits per heavy atom. The van der Waals surface area contributed by atoms with Crippen molar-refractivity contribution in [1.82, 2.24) is 0 Å². The van der Waals surface area contributed by atoms with Crippen LogP contribution in [0.25, 0.3) is 0 Å². The highest BCUT2D eigenvalue weighted by atomic mass is 16.5. The molecule has 27 heavy (non-hydrogen) atoms. The molecule has 0 saturated carbocycles. The van der Waals surface area contributed by atoms with Crippen molar-refractivity contribution in [2.24, 2.45) is 10.4 Å². The van der Waals surface area contributed by atoms with Gasteiger partial charge in [0.15, 0.2) is 5.54 Å². The van der Waals surface area contributed by atoms with E-state index in [2.05, 4.69) is 11.9 Å². The average Bonchev–Trinajstić information content (AvgIpc) is 2.63.